The first-order valence-corrected chi connectivity index (χ1v) is 26.9. The summed E-state index contributed by atoms with van der Waals surface area (Å²) in [5, 5.41) is 14.7. The third-order valence-electron chi connectivity index (χ3n) is 13.7. The van der Waals surface area contributed by atoms with Gasteiger partial charge in [0, 0.05) is 76.1 Å². The lowest BCUT2D eigenvalue weighted by Crippen LogP contribution is -2.63. The normalized spacial score (nSPS) is 29.0. The summed E-state index contributed by atoms with van der Waals surface area (Å²) in [5.74, 6) is -1.57. The van der Waals surface area contributed by atoms with Crippen LogP contribution in [0.5, 0.6) is 5.75 Å². The average Bonchev–Trinajstić information content (AvgIpc) is 3.96. The highest BCUT2D eigenvalue weighted by Crippen LogP contribution is 2.49. The van der Waals surface area contributed by atoms with Crippen molar-refractivity contribution in [3.8, 4) is 5.75 Å². The van der Waals surface area contributed by atoms with Crippen LogP contribution in [-0.4, -0.2) is 157 Å². The number of methoxy groups -OCH3 is 2. The SMILES string of the molecule is COc1cc2cc(c1Cl)N(C)C(=O)C[C@H](OC(=O)[C@H](C)N(C)C(=O)CCC(C)SSCCCC(=O)CCOCCN1C(=O)CC(C)C1=O)[C@]1(C)O[C@@H]1[C@H](C)[C@@H]1C[C@@](O)(NC(=O)O1)[C@H](OC)/C=C/C=C(\C)C2. The largest absolute Gasteiger partial charge is 0.495 e. The Balaban J connectivity index is 1.18. The molecule has 2 N–H and O–H groups in total. The van der Waals surface area contributed by atoms with Crippen molar-refractivity contribution in [2.24, 2.45) is 11.8 Å². The number of fused-ring (bicyclic) bond motifs is 5. The molecule has 4 aliphatic rings. The van der Waals surface area contributed by atoms with Gasteiger partial charge in [-0.3, -0.25) is 34.2 Å². The number of alkyl carbamates (subject to hydrolysis) is 1. The highest BCUT2D eigenvalue weighted by atomic mass is 35.5. The standard InChI is InChI=1S/C50H71ClN4O14S2/c1-29-13-11-15-39(65-10)50(63)28-38(67-48(62)52-50)32(4)45-49(6,69-45)40(27-42(58)54(8)36-25-34(23-29)26-37(64-9)44(36)51)68-47(61)33(5)53(7)41(57)17-16-31(3)71-70-22-12-14-35(56)18-20-66-21-19-55-43(59)24-30(2)46(55)60/h11,13,15,25-26,30-33,38-40,45,63H,12,14,16-24,27-28H2,1-10H3,(H,52,62)/b15-11+,29-13+/t30?,31?,32-,33+,38+,39-,40+,45-,49+,50+/m1/s1. The van der Waals surface area contributed by atoms with Gasteiger partial charge in [-0.25, -0.2) is 9.59 Å². The Morgan fingerprint density at radius 3 is 2.46 bits per heavy atom. The first kappa shape index (κ1) is 57.7. The van der Waals surface area contributed by atoms with Crippen molar-refractivity contribution < 1.29 is 67.1 Å². The Bertz CT molecular complexity index is 2200. The van der Waals surface area contributed by atoms with E-state index in [1.807, 2.05) is 19.9 Å². The van der Waals surface area contributed by atoms with E-state index in [1.165, 1.54) is 36.0 Å². The summed E-state index contributed by atoms with van der Waals surface area (Å²) in [6, 6.07) is 2.53. The number of imide groups is 1. The molecule has 4 aliphatic heterocycles. The highest BCUT2D eigenvalue weighted by molar-refractivity contribution is 8.76. The van der Waals surface area contributed by atoms with Crippen molar-refractivity contribution in [2.45, 2.75) is 146 Å². The van der Waals surface area contributed by atoms with Crippen LogP contribution in [0.3, 0.4) is 0 Å². The number of benzene rings is 1. The number of hydrogen-bond acceptors (Lipinski definition) is 16. The van der Waals surface area contributed by atoms with Crippen LogP contribution in [0, 0.1) is 11.8 Å². The fourth-order valence-corrected chi connectivity index (χ4v) is 11.7. The number of anilines is 1. The van der Waals surface area contributed by atoms with Crippen LogP contribution in [0.2, 0.25) is 5.02 Å². The summed E-state index contributed by atoms with van der Waals surface area (Å²) in [6.07, 6.45) is 2.92. The van der Waals surface area contributed by atoms with Crippen molar-refractivity contribution in [3.63, 3.8) is 0 Å². The van der Waals surface area contributed by atoms with E-state index in [4.69, 9.17) is 40.0 Å². The molecule has 21 heteroatoms. The number of epoxide rings is 1. The van der Waals surface area contributed by atoms with Gasteiger partial charge in [0.25, 0.3) is 0 Å². The Kier molecular flexibility index (Phi) is 20.9. The lowest BCUT2D eigenvalue weighted by molar-refractivity contribution is -0.162. The van der Waals surface area contributed by atoms with Crippen molar-refractivity contribution >= 4 is 80.4 Å². The average molecular weight is 1050 g/mol. The van der Waals surface area contributed by atoms with Crippen molar-refractivity contribution in [2.75, 3.05) is 58.7 Å². The zero-order valence-corrected chi connectivity index (χ0v) is 44.9. The number of ether oxygens (including phenoxy) is 6. The number of esters is 1. The molecular formula is C50H71ClN4O14S2. The fraction of sp³-hybridized carbons (Fsp3) is 0.660. The van der Waals surface area contributed by atoms with E-state index in [0.717, 1.165) is 16.9 Å². The minimum absolute atomic E-state index is 0.0730. The van der Waals surface area contributed by atoms with E-state index >= 15 is 0 Å². The predicted molar refractivity (Wildman–Crippen MR) is 270 cm³/mol. The zero-order chi connectivity index (χ0) is 52.4. The van der Waals surface area contributed by atoms with Crippen LogP contribution in [0.1, 0.15) is 98.5 Å². The fourth-order valence-electron chi connectivity index (χ4n) is 8.91. The van der Waals surface area contributed by atoms with Gasteiger partial charge in [0.05, 0.1) is 45.1 Å². The van der Waals surface area contributed by atoms with E-state index in [9.17, 15) is 38.7 Å². The molecule has 4 heterocycles. The van der Waals surface area contributed by atoms with Gasteiger partial charge in [-0.05, 0) is 57.7 Å². The van der Waals surface area contributed by atoms with E-state index < -0.39 is 65.7 Å². The molecule has 4 bridgehead atoms. The molecule has 71 heavy (non-hydrogen) atoms. The molecule has 18 nitrogen and oxygen atoms in total. The Morgan fingerprint density at radius 1 is 1.06 bits per heavy atom. The van der Waals surface area contributed by atoms with Gasteiger partial charge in [0.1, 0.15) is 46.5 Å². The van der Waals surface area contributed by atoms with Gasteiger partial charge < -0.3 is 43.3 Å². The number of ketones is 1. The smallest absolute Gasteiger partial charge is 0.409 e. The van der Waals surface area contributed by atoms with E-state index in [0.29, 0.717) is 37.1 Å². The molecular weight excluding hydrogens is 980 g/mol. The molecule has 0 aliphatic carbocycles. The minimum atomic E-state index is -1.86. The van der Waals surface area contributed by atoms with Gasteiger partial charge in [0.15, 0.2) is 5.72 Å². The molecule has 1 aromatic rings. The Morgan fingerprint density at radius 2 is 1.79 bits per heavy atom. The molecule has 10 atom stereocenters. The lowest BCUT2D eigenvalue weighted by Gasteiger charge is -2.42. The second-order valence-corrected chi connectivity index (χ2v) is 22.5. The van der Waals surface area contributed by atoms with Crippen molar-refractivity contribution in [1.29, 1.82) is 0 Å². The molecule has 394 valence electrons. The van der Waals surface area contributed by atoms with Gasteiger partial charge >= 0.3 is 12.1 Å². The van der Waals surface area contributed by atoms with Crippen LogP contribution in [0.4, 0.5) is 10.5 Å². The highest BCUT2D eigenvalue weighted by Gasteiger charge is 2.64. The summed E-state index contributed by atoms with van der Waals surface area (Å²) >= 11 is 6.82. The number of Topliss-reactive ketones (excluding diaryl/α,β-unsaturated/α-hetero) is 1. The summed E-state index contributed by atoms with van der Waals surface area (Å²) < 4.78 is 35.0. The van der Waals surface area contributed by atoms with Crippen LogP contribution >= 0.6 is 33.2 Å². The topological polar surface area (TPSA) is 220 Å². The quantitative estimate of drug-likeness (QED) is 0.0487. The molecule has 3 fully saturated rings. The number of aliphatic hydroxyl groups is 1. The Hall–Kier alpha value is -4.18. The van der Waals surface area contributed by atoms with Crippen LogP contribution in [-0.2, 0) is 58.9 Å². The second-order valence-electron chi connectivity index (χ2n) is 19.2. The van der Waals surface area contributed by atoms with Gasteiger partial charge in [-0.1, -0.05) is 77.8 Å². The van der Waals surface area contributed by atoms with Gasteiger partial charge in [-0.2, -0.15) is 0 Å². The maximum absolute atomic E-state index is 14.3. The third kappa shape index (κ3) is 15.0. The number of halogens is 1. The van der Waals surface area contributed by atoms with E-state index in [2.05, 4.69) is 5.32 Å². The predicted octanol–water partition coefficient (Wildman–Crippen LogP) is 6.22. The first-order chi connectivity index (χ1) is 33.5. The van der Waals surface area contributed by atoms with Crippen LogP contribution in [0.25, 0.3) is 0 Å². The number of nitrogens with zero attached hydrogens (tertiary/aromatic N) is 3. The molecule has 0 radical (unpaired) electrons. The molecule has 1 aromatic carbocycles. The number of amides is 5. The minimum Gasteiger partial charge on any atom is -0.495 e. The first-order valence-electron chi connectivity index (χ1n) is 24.1. The maximum atomic E-state index is 14.3. The lowest BCUT2D eigenvalue weighted by atomic mass is 9.83. The monoisotopic (exact) mass is 1050 g/mol. The summed E-state index contributed by atoms with van der Waals surface area (Å²) in [7, 11) is 9.24. The molecule has 5 rings (SSSR count). The molecule has 0 saturated carbocycles. The number of likely N-dealkylation sites (tertiary alicyclic amines) is 1. The Labute approximate surface area is 429 Å². The van der Waals surface area contributed by atoms with Gasteiger partial charge in [-0.15, -0.1) is 0 Å². The molecule has 3 saturated heterocycles. The number of likely N-dealkylation sites (N-methyl/N-ethyl adjacent to an activating group) is 1. The third-order valence-corrected chi connectivity index (χ3v) is 17.1. The number of rotatable bonds is 20. The second kappa shape index (κ2) is 25.7. The van der Waals surface area contributed by atoms with E-state index in [1.54, 1.807) is 80.6 Å². The van der Waals surface area contributed by atoms with Crippen molar-refractivity contribution in [3.05, 3.63) is 46.5 Å². The number of hydrogen-bond donors (Lipinski definition) is 2. The van der Waals surface area contributed by atoms with Crippen LogP contribution in [0.15, 0.2) is 35.9 Å². The van der Waals surface area contributed by atoms with Crippen LogP contribution < -0.4 is 15.0 Å². The summed E-state index contributed by atoms with van der Waals surface area (Å²) in [4.78, 5) is 95.1. The van der Waals surface area contributed by atoms with E-state index in [-0.39, 0.29) is 91.6 Å². The summed E-state index contributed by atoms with van der Waals surface area (Å²) in [6.45, 7) is 11.3. The molecule has 0 aromatic heterocycles. The zero-order valence-electron chi connectivity index (χ0n) is 42.5. The molecule has 0 spiro atoms. The molecule has 5 amide bonds. The number of carbonyl (C=O) groups is 7. The molecule has 2 unspecified atom stereocenters. The maximum Gasteiger partial charge on any atom is 0.409 e. The summed E-state index contributed by atoms with van der Waals surface area (Å²) in [5.41, 5.74) is -1.05. The number of carbonyl (C=O) groups excluding carboxylic acids is 7. The van der Waals surface area contributed by atoms with Gasteiger partial charge in [0.2, 0.25) is 23.6 Å². The number of allylic oxidation sites excluding steroid dienone is 3. The number of nitrogens with one attached hydrogen (secondary N) is 1. The van der Waals surface area contributed by atoms with Crippen molar-refractivity contribution in [1.82, 2.24) is 15.1 Å².